The number of hydrogen-bond acceptors (Lipinski definition) is 2. The lowest BCUT2D eigenvalue weighted by molar-refractivity contribution is 0.0497. The molecular weight excluding hydrogens is 403 g/mol. The Morgan fingerprint density at radius 1 is 1.18 bits per heavy atom. The first-order valence-corrected chi connectivity index (χ1v) is 12.4. The van der Waals surface area contributed by atoms with Gasteiger partial charge < -0.3 is 4.74 Å². The maximum atomic E-state index is 12.1. The number of rotatable bonds is 6. The highest BCUT2D eigenvalue weighted by molar-refractivity contribution is 14.1. The molecule has 1 aromatic carbocycles. The Hall–Kier alpha value is -0.803. The van der Waals surface area contributed by atoms with Crippen LogP contribution in [0, 0.1) is 15.0 Å². The van der Waals surface area contributed by atoms with E-state index in [9.17, 15) is 4.79 Å². The molecule has 0 bridgehead atoms. The lowest BCUT2D eigenvalue weighted by Gasteiger charge is -2.07. The van der Waals surface area contributed by atoms with Gasteiger partial charge in [-0.2, -0.15) is 0 Å². The minimum absolute atomic E-state index is 0.244. The zero-order valence-electron chi connectivity index (χ0n) is 14.0. The van der Waals surface area contributed by atoms with Gasteiger partial charge in [0.05, 0.1) is 12.2 Å². The summed E-state index contributed by atoms with van der Waals surface area (Å²) in [7, 11) is -1.42. The van der Waals surface area contributed by atoms with Crippen molar-refractivity contribution in [2.75, 3.05) is 6.61 Å². The van der Waals surface area contributed by atoms with E-state index in [1.54, 1.807) is 0 Å². The lowest BCUT2D eigenvalue weighted by Crippen LogP contribution is -2.16. The van der Waals surface area contributed by atoms with E-state index >= 15 is 0 Å². The van der Waals surface area contributed by atoms with Gasteiger partial charge in [-0.05, 0) is 47.2 Å². The topological polar surface area (TPSA) is 26.3 Å². The van der Waals surface area contributed by atoms with Crippen molar-refractivity contribution in [2.45, 2.75) is 52.2 Å². The predicted molar refractivity (Wildman–Crippen MR) is 104 cm³/mol. The van der Waals surface area contributed by atoms with Crippen molar-refractivity contribution in [2.24, 2.45) is 0 Å². The summed E-state index contributed by atoms with van der Waals surface area (Å²) in [6.07, 6.45) is 4.43. The van der Waals surface area contributed by atoms with Crippen LogP contribution in [0.3, 0.4) is 0 Å². The van der Waals surface area contributed by atoms with E-state index < -0.39 is 8.07 Å². The first-order valence-electron chi connectivity index (χ1n) is 7.83. The maximum Gasteiger partial charge on any atom is 0.338 e. The van der Waals surface area contributed by atoms with E-state index in [2.05, 4.69) is 60.6 Å². The number of carbonyl (C=O) groups excluding carboxylic acids is 1. The van der Waals surface area contributed by atoms with Gasteiger partial charge in [0.2, 0.25) is 0 Å². The Morgan fingerprint density at radius 3 is 2.55 bits per heavy atom. The summed E-state index contributed by atoms with van der Waals surface area (Å²) in [5, 5.41) is 0. The second kappa shape index (κ2) is 9.36. The molecule has 0 aliphatic carbocycles. The SMILES string of the molecule is CCCCCCOC(=O)c1cc(I)cc(C#C[Si](C)(C)C)c1. The van der Waals surface area contributed by atoms with Gasteiger partial charge in [0.25, 0.3) is 0 Å². The largest absolute Gasteiger partial charge is 0.462 e. The van der Waals surface area contributed by atoms with Gasteiger partial charge in [0.1, 0.15) is 8.07 Å². The van der Waals surface area contributed by atoms with Crippen molar-refractivity contribution in [3.8, 4) is 11.5 Å². The molecule has 0 saturated heterocycles. The minimum atomic E-state index is -1.42. The van der Waals surface area contributed by atoms with Crippen molar-refractivity contribution in [1.82, 2.24) is 0 Å². The molecule has 0 aliphatic heterocycles. The van der Waals surface area contributed by atoms with Crippen molar-refractivity contribution >= 4 is 36.6 Å². The zero-order chi connectivity index (χ0) is 16.6. The second-order valence-electron chi connectivity index (χ2n) is 6.43. The summed E-state index contributed by atoms with van der Waals surface area (Å²) in [5.74, 6) is 2.96. The van der Waals surface area contributed by atoms with Crippen LogP contribution in [0.2, 0.25) is 19.6 Å². The highest BCUT2D eigenvalue weighted by atomic mass is 127. The number of unbranched alkanes of at least 4 members (excludes halogenated alkanes) is 3. The van der Waals surface area contributed by atoms with Gasteiger partial charge in [-0.25, -0.2) is 4.79 Å². The number of ether oxygens (including phenoxy) is 1. The quantitative estimate of drug-likeness (QED) is 0.203. The van der Waals surface area contributed by atoms with Gasteiger partial charge in [0.15, 0.2) is 0 Å². The molecule has 0 heterocycles. The summed E-state index contributed by atoms with van der Waals surface area (Å²) in [5.41, 5.74) is 4.83. The third-order valence-corrected chi connectivity index (χ3v) is 4.44. The van der Waals surface area contributed by atoms with E-state index in [1.807, 2.05) is 18.2 Å². The van der Waals surface area contributed by atoms with Gasteiger partial charge >= 0.3 is 5.97 Å². The average Bonchev–Trinajstić information content (AvgIpc) is 2.43. The van der Waals surface area contributed by atoms with Crippen LogP contribution in [0.5, 0.6) is 0 Å². The summed E-state index contributed by atoms with van der Waals surface area (Å²) in [6.45, 7) is 9.29. The monoisotopic (exact) mass is 428 g/mol. The van der Waals surface area contributed by atoms with Gasteiger partial charge in [0, 0.05) is 9.13 Å². The van der Waals surface area contributed by atoms with Crippen LogP contribution in [0.1, 0.15) is 48.5 Å². The van der Waals surface area contributed by atoms with Crippen LogP contribution >= 0.6 is 22.6 Å². The molecule has 0 saturated carbocycles. The van der Waals surface area contributed by atoms with Crippen molar-refractivity contribution < 1.29 is 9.53 Å². The van der Waals surface area contributed by atoms with Crippen LogP contribution < -0.4 is 0 Å². The number of carbonyl (C=O) groups is 1. The second-order valence-corrected chi connectivity index (χ2v) is 12.4. The summed E-state index contributed by atoms with van der Waals surface area (Å²) in [4.78, 5) is 12.1. The smallest absolute Gasteiger partial charge is 0.338 e. The van der Waals surface area contributed by atoms with E-state index in [-0.39, 0.29) is 5.97 Å². The molecule has 1 rings (SSSR count). The standard InChI is InChI=1S/C18H25IO2Si/c1-5-6-7-8-10-21-18(20)16-12-15(13-17(19)14-16)9-11-22(2,3)4/h12-14H,5-8,10H2,1-4H3. The molecule has 2 nitrogen and oxygen atoms in total. The molecule has 0 fully saturated rings. The zero-order valence-corrected chi connectivity index (χ0v) is 17.1. The summed E-state index contributed by atoms with van der Waals surface area (Å²) in [6, 6.07) is 5.70. The molecule has 0 aromatic heterocycles. The van der Waals surface area contributed by atoms with Crippen LogP contribution in [0.4, 0.5) is 0 Å². The first-order chi connectivity index (χ1) is 10.3. The Morgan fingerprint density at radius 2 is 1.91 bits per heavy atom. The highest BCUT2D eigenvalue weighted by Gasteiger charge is 2.10. The Labute approximate surface area is 149 Å². The van der Waals surface area contributed by atoms with Crippen LogP contribution in [-0.2, 0) is 4.74 Å². The Kier molecular flexibility index (Phi) is 8.19. The molecular formula is C18H25IO2Si. The number of halogens is 1. The summed E-state index contributed by atoms with van der Waals surface area (Å²) >= 11 is 2.22. The predicted octanol–water partition coefficient (Wildman–Crippen LogP) is 5.26. The van der Waals surface area contributed by atoms with Crippen LogP contribution in [-0.4, -0.2) is 20.7 Å². The van der Waals surface area contributed by atoms with E-state index in [1.165, 1.54) is 12.8 Å². The van der Waals surface area contributed by atoms with E-state index in [4.69, 9.17) is 4.74 Å². The van der Waals surface area contributed by atoms with Gasteiger partial charge in [-0.15, -0.1) is 5.54 Å². The third-order valence-electron chi connectivity index (χ3n) is 2.95. The lowest BCUT2D eigenvalue weighted by atomic mass is 10.1. The fourth-order valence-electron chi connectivity index (χ4n) is 1.82. The average molecular weight is 428 g/mol. The molecule has 0 unspecified atom stereocenters. The number of esters is 1. The van der Waals surface area contributed by atoms with Gasteiger partial charge in [-0.3, -0.25) is 0 Å². The van der Waals surface area contributed by atoms with Crippen molar-refractivity contribution in [3.05, 3.63) is 32.9 Å². The molecule has 0 radical (unpaired) electrons. The molecule has 1 aromatic rings. The molecule has 120 valence electrons. The molecule has 22 heavy (non-hydrogen) atoms. The molecule has 0 aliphatic rings. The molecule has 0 spiro atoms. The highest BCUT2D eigenvalue weighted by Crippen LogP contribution is 2.14. The minimum Gasteiger partial charge on any atom is -0.462 e. The van der Waals surface area contributed by atoms with Crippen molar-refractivity contribution in [3.63, 3.8) is 0 Å². The fraction of sp³-hybridized carbons (Fsp3) is 0.500. The molecule has 4 heteroatoms. The summed E-state index contributed by atoms with van der Waals surface area (Å²) < 4.78 is 6.36. The van der Waals surface area contributed by atoms with E-state index in [0.29, 0.717) is 12.2 Å². The van der Waals surface area contributed by atoms with E-state index in [0.717, 1.165) is 22.0 Å². The fourth-order valence-corrected chi connectivity index (χ4v) is 3.01. The number of hydrogen-bond donors (Lipinski definition) is 0. The molecule has 0 atom stereocenters. The normalized spacial score (nSPS) is 10.8. The van der Waals surface area contributed by atoms with Crippen LogP contribution in [0.25, 0.3) is 0 Å². The maximum absolute atomic E-state index is 12.1. The Balaban J connectivity index is 2.72. The first kappa shape index (κ1) is 19.2. The van der Waals surface area contributed by atoms with Crippen molar-refractivity contribution in [1.29, 1.82) is 0 Å². The Bertz CT molecular complexity index is 565. The number of benzene rings is 1. The molecule has 0 N–H and O–H groups in total. The molecule has 0 amide bonds. The van der Waals surface area contributed by atoms with Crippen LogP contribution in [0.15, 0.2) is 18.2 Å². The third kappa shape index (κ3) is 8.00. The van der Waals surface area contributed by atoms with Gasteiger partial charge in [-0.1, -0.05) is 51.7 Å².